The molecule has 10 heteroatoms. The summed E-state index contributed by atoms with van der Waals surface area (Å²) in [6.45, 7) is 0. The minimum Gasteiger partial charge on any atom is 0 e. The maximum absolute atomic E-state index is 8.88. The minimum atomic E-state index is -4.64. The van der Waals surface area contributed by atoms with Crippen LogP contribution in [-0.2, 0) is 26.3 Å². The summed E-state index contributed by atoms with van der Waals surface area (Å²) in [5.74, 6) is 0. The molecule has 0 saturated carbocycles. The predicted octanol–water partition coefficient (Wildman–Crippen LogP) is -3.68. The Labute approximate surface area is 162 Å². The maximum atomic E-state index is 8.88. The molecule has 0 aliphatic heterocycles. The van der Waals surface area contributed by atoms with Gasteiger partial charge in [-0.2, -0.15) is 0 Å². The van der Waals surface area contributed by atoms with Crippen molar-refractivity contribution in [3.8, 4) is 0 Å². The molecule has 0 unspecified atom stereocenters. The second-order valence-electron chi connectivity index (χ2n) is 0.513. The van der Waals surface area contributed by atoms with E-state index < -0.39 is 7.82 Å². The molecular formula is H9AlLaLiO4PSrTi. The summed E-state index contributed by atoms with van der Waals surface area (Å²) >= 11 is 0. The average molecular weight is 412 g/mol. The Balaban J connectivity index is -0.00000000800. The Morgan fingerprint density at radius 3 is 1.10 bits per heavy atom. The van der Waals surface area contributed by atoms with Gasteiger partial charge in [0.05, 0.1) is 0 Å². The van der Waals surface area contributed by atoms with Crippen molar-refractivity contribution in [3.63, 3.8) is 0 Å². The van der Waals surface area contributed by atoms with Gasteiger partial charge in [-0.1, -0.05) is 0 Å². The quantitative estimate of drug-likeness (QED) is 0.283. The van der Waals surface area contributed by atoms with Crippen molar-refractivity contribution in [1.29, 1.82) is 0 Å². The van der Waals surface area contributed by atoms with E-state index in [1.54, 1.807) is 0 Å². The van der Waals surface area contributed by atoms with E-state index in [1.165, 1.54) is 0 Å². The summed E-state index contributed by atoms with van der Waals surface area (Å²) in [5, 5.41) is 0. The minimum absolute atomic E-state index is 0. The van der Waals surface area contributed by atoms with E-state index in [4.69, 9.17) is 19.2 Å². The molecule has 0 heterocycles. The molecule has 3 N–H and O–H groups in total. The van der Waals surface area contributed by atoms with Crippen molar-refractivity contribution in [1.82, 2.24) is 0 Å². The van der Waals surface area contributed by atoms with Crippen LogP contribution < -0.4 is 0 Å². The van der Waals surface area contributed by atoms with Crippen molar-refractivity contribution < 1.29 is 76.6 Å². The van der Waals surface area contributed by atoms with E-state index in [1.807, 2.05) is 0 Å². The number of hydrogen-bond acceptors (Lipinski definition) is 1. The summed E-state index contributed by atoms with van der Waals surface area (Å²) in [6, 6.07) is 0. The fourth-order valence-electron chi connectivity index (χ4n) is 0. The van der Waals surface area contributed by atoms with Gasteiger partial charge in [-0.3, -0.25) is 0 Å². The summed E-state index contributed by atoms with van der Waals surface area (Å²) < 4.78 is 8.88. The van der Waals surface area contributed by atoms with Crippen molar-refractivity contribution in [3.05, 3.63) is 0 Å². The molecule has 0 aliphatic rings. The molecule has 0 aliphatic carbocycles. The van der Waals surface area contributed by atoms with Crippen LogP contribution >= 0.6 is 7.82 Å². The average Bonchev–Trinajstić information content (AvgIpc) is 0.722. The molecule has 0 fully saturated rings. The Kier molecular flexibility index (Phi) is 70.2. The Hall–Kier alpha value is 4.63. The van der Waals surface area contributed by atoms with Crippen LogP contribution in [0.3, 0.4) is 0 Å². The standard InChI is InChI=1S/Al.La.Li.H3O4P.Sr.Ti.6H/c;;;1-5(2,3)4;;;;;;;;/h;;;(H3,1,2,3,4);;;;;;;;. The van der Waals surface area contributed by atoms with E-state index in [0.29, 0.717) is 0 Å². The first-order chi connectivity index (χ1) is 2.00. The van der Waals surface area contributed by atoms with Crippen molar-refractivity contribution >= 4 is 89.5 Å². The van der Waals surface area contributed by atoms with Gasteiger partial charge in [-0.05, 0) is 0 Å². The molecule has 0 aromatic rings. The van der Waals surface area contributed by atoms with Crippen LogP contribution in [-0.4, -0.2) is 96.4 Å². The van der Waals surface area contributed by atoms with Gasteiger partial charge in [-0.25, -0.2) is 4.57 Å². The SMILES string of the molecule is O=P(O)(O)O.[AlH3].[La].[LiH].[SrH2].[Ti]. The van der Waals surface area contributed by atoms with Gasteiger partial charge in [-0.15, -0.1) is 0 Å². The van der Waals surface area contributed by atoms with Crippen LogP contribution in [0.1, 0.15) is 0 Å². The van der Waals surface area contributed by atoms with Crippen molar-refractivity contribution in [2.75, 3.05) is 0 Å². The number of phosphoric acid groups is 1. The third-order valence-corrected chi connectivity index (χ3v) is 0. The molecule has 1 radical (unpaired) electrons. The van der Waals surface area contributed by atoms with Crippen LogP contribution in [0.25, 0.3) is 0 Å². The molecule has 0 rings (SSSR count). The van der Waals surface area contributed by atoms with E-state index in [2.05, 4.69) is 0 Å². The molecule has 0 aromatic heterocycles. The van der Waals surface area contributed by atoms with Crippen LogP contribution in [0, 0.1) is 35.6 Å². The van der Waals surface area contributed by atoms with E-state index in [0.717, 1.165) is 0 Å². The van der Waals surface area contributed by atoms with E-state index in [-0.39, 0.29) is 139 Å². The van der Waals surface area contributed by atoms with Crippen LogP contribution in [0.15, 0.2) is 0 Å². The van der Waals surface area contributed by atoms with Gasteiger partial charge < -0.3 is 14.7 Å². The van der Waals surface area contributed by atoms with Crippen molar-refractivity contribution in [2.45, 2.75) is 0 Å². The smallest absolute Gasteiger partial charge is 0 e. The fourth-order valence-corrected chi connectivity index (χ4v) is 0. The summed E-state index contributed by atoms with van der Waals surface area (Å²) in [7, 11) is -4.64. The first-order valence-electron chi connectivity index (χ1n) is 0.783. The first-order valence-corrected chi connectivity index (χ1v) is 2.35. The first kappa shape index (κ1) is 36.5. The van der Waals surface area contributed by atoms with Crippen LogP contribution in [0.5, 0.6) is 0 Å². The van der Waals surface area contributed by atoms with E-state index in [9.17, 15) is 0 Å². The van der Waals surface area contributed by atoms with Gasteiger partial charge in [0.15, 0.2) is 17.4 Å². The fraction of sp³-hybridized carbons (Fsp3) is 0. The third-order valence-electron chi connectivity index (χ3n) is 0. The molecule has 0 saturated heterocycles. The zero-order valence-corrected chi connectivity index (χ0v) is 9.36. The van der Waals surface area contributed by atoms with Gasteiger partial charge in [0.2, 0.25) is 0 Å². The summed E-state index contributed by atoms with van der Waals surface area (Å²) in [6.07, 6.45) is 0. The van der Waals surface area contributed by atoms with E-state index >= 15 is 0 Å². The van der Waals surface area contributed by atoms with Crippen LogP contribution in [0.2, 0.25) is 0 Å². The molecule has 0 atom stereocenters. The molecule has 0 aromatic carbocycles. The van der Waals surface area contributed by atoms with Crippen LogP contribution in [0.4, 0.5) is 0 Å². The predicted molar refractivity (Wildman–Crippen MR) is 39.9 cm³/mol. The largest absolute Gasteiger partial charge is 0 e. The molecule has 0 spiro atoms. The van der Waals surface area contributed by atoms with Gasteiger partial charge in [0, 0.05) is 57.3 Å². The maximum Gasteiger partial charge on any atom is 0 e. The van der Waals surface area contributed by atoms with Crippen molar-refractivity contribution in [2.24, 2.45) is 0 Å². The molecule has 4 nitrogen and oxygen atoms in total. The Bertz CT molecular complexity index is 71.4. The van der Waals surface area contributed by atoms with Gasteiger partial charge >= 0.3 is 72.2 Å². The number of hydrogen-bond donors (Lipinski definition) is 3. The third kappa shape index (κ3) is 79.7. The Morgan fingerprint density at radius 2 is 1.10 bits per heavy atom. The van der Waals surface area contributed by atoms with Gasteiger partial charge in [0.25, 0.3) is 0 Å². The Morgan fingerprint density at radius 1 is 1.10 bits per heavy atom. The summed E-state index contributed by atoms with van der Waals surface area (Å²) in [5.41, 5.74) is 0. The topological polar surface area (TPSA) is 77.8 Å². The second-order valence-corrected chi connectivity index (χ2v) is 1.54. The zero-order chi connectivity index (χ0) is 4.50. The number of rotatable bonds is 0. The normalized spacial score (nSPS) is 5.90. The molecule has 0 amide bonds. The molecule has 0 bridgehead atoms. The van der Waals surface area contributed by atoms with Gasteiger partial charge in [0.1, 0.15) is 0 Å². The zero-order valence-electron chi connectivity index (χ0n) is 3.27. The monoisotopic (exact) mass is 413 g/mol. The summed E-state index contributed by atoms with van der Waals surface area (Å²) in [4.78, 5) is 21.6. The molecule has 10 heavy (non-hydrogen) atoms. The molecular weight excluding hydrogens is 403 g/mol. The molecule has 51 valence electrons. The second kappa shape index (κ2) is 19.2.